The van der Waals surface area contributed by atoms with E-state index in [4.69, 9.17) is 0 Å². The molecule has 26 heavy (non-hydrogen) atoms. The highest BCUT2D eigenvalue weighted by atomic mass is 14.3. The molecule has 149 valence electrons. The molecule has 0 heterocycles. The zero-order valence-corrected chi connectivity index (χ0v) is 18.3. The first-order chi connectivity index (χ1) is 12.6. The van der Waals surface area contributed by atoms with Crippen molar-refractivity contribution in [2.24, 2.45) is 5.41 Å². The van der Waals surface area contributed by atoms with Crippen molar-refractivity contribution in [3.63, 3.8) is 0 Å². The van der Waals surface area contributed by atoms with Crippen molar-refractivity contribution >= 4 is 0 Å². The molecule has 0 amide bonds. The molecule has 1 unspecified atom stereocenters. The standard InChI is InChI=1S/C26H45/c1-5-6-7-8-9-10-11-12-13-14-15-19-22-26(4,24(2)3)23-25-20-17-16-18-21-25/h16-18,20-21H,5-15,19,22-23H2,1-4H3. The molecule has 0 aliphatic carbocycles. The maximum atomic E-state index is 2.47. The van der Waals surface area contributed by atoms with Crippen LogP contribution >= 0.6 is 0 Å². The van der Waals surface area contributed by atoms with Crippen LogP contribution in [0.4, 0.5) is 0 Å². The maximum absolute atomic E-state index is 2.47. The highest BCUT2D eigenvalue weighted by Gasteiger charge is 2.28. The topological polar surface area (TPSA) is 0 Å². The fourth-order valence-corrected chi connectivity index (χ4v) is 3.92. The molecule has 1 rings (SSSR count). The Balaban J connectivity index is 2.09. The van der Waals surface area contributed by atoms with Crippen LogP contribution in [0, 0.1) is 11.3 Å². The zero-order valence-electron chi connectivity index (χ0n) is 18.3. The third kappa shape index (κ3) is 10.4. The minimum Gasteiger partial charge on any atom is -0.0654 e. The monoisotopic (exact) mass is 357 g/mol. The molecule has 0 saturated carbocycles. The summed E-state index contributed by atoms with van der Waals surface area (Å²) in [4.78, 5) is 0. The molecule has 1 aromatic carbocycles. The van der Waals surface area contributed by atoms with Gasteiger partial charge in [-0.25, -0.2) is 0 Å². The Bertz CT molecular complexity index is 419. The van der Waals surface area contributed by atoms with Gasteiger partial charge in [-0.2, -0.15) is 0 Å². The average molecular weight is 358 g/mol. The van der Waals surface area contributed by atoms with Crippen LogP contribution in [0.5, 0.6) is 0 Å². The van der Waals surface area contributed by atoms with E-state index < -0.39 is 0 Å². The fourth-order valence-electron chi connectivity index (χ4n) is 3.92. The van der Waals surface area contributed by atoms with Gasteiger partial charge in [0.05, 0.1) is 0 Å². The predicted molar refractivity (Wildman–Crippen MR) is 119 cm³/mol. The normalized spacial score (nSPS) is 13.9. The molecule has 0 saturated heterocycles. The van der Waals surface area contributed by atoms with E-state index in [9.17, 15) is 0 Å². The minimum atomic E-state index is 0.361. The lowest BCUT2D eigenvalue weighted by Gasteiger charge is -2.34. The average Bonchev–Trinajstić information content (AvgIpc) is 2.63. The van der Waals surface area contributed by atoms with Gasteiger partial charge in [-0.3, -0.25) is 0 Å². The first-order valence-corrected chi connectivity index (χ1v) is 11.4. The number of hydrogen-bond acceptors (Lipinski definition) is 0. The van der Waals surface area contributed by atoms with Crippen LogP contribution < -0.4 is 0 Å². The Morgan fingerprint density at radius 3 is 1.62 bits per heavy atom. The molecule has 0 fully saturated rings. The van der Waals surface area contributed by atoms with Crippen molar-refractivity contribution in [3.8, 4) is 0 Å². The molecule has 1 radical (unpaired) electrons. The van der Waals surface area contributed by atoms with Crippen molar-refractivity contribution < 1.29 is 0 Å². The fraction of sp³-hybridized carbons (Fsp3) is 0.731. The van der Waals surface area contributed by atoms with Gasteiger partial charge >= 0.3 is 0 Å². The highest BCUT2D eigenvalue weighted by Crippen LogP contribution is 2.38. The largest absolute Gasteiger partial charge is 0.0654 e. The van der Waals surface area contributed by atoms with E-state index in [-0.39, 0.29) is 0 Å². The van der Waals surface area contributed by atoms with Crippen LogP contribution in [-0.4, -0.2) is 0 Å². The van der Waals surface area contributed by atoms with Crippen LogP contribution in [0.1, 0.15) is 117 Å². The Kier molecular flexibility index (Phi) is 12.8. The molecule has 0 spiro atoms. The summed E-state index contributed by atoms with van der Waals surface area (Å²) in [5, 5.41) is 0. The van der Waals surface area contributed by atoms with E-state index in [0.29, 0.717) is 5.41 Å². The van der Waals surface area contributed by atoms with Crippen molar-refractivity contribution in [2.75, 3.05) is 0 Å². The van der Waals surface area contributed by atoms with Gasteiger partial charge in [-0.05, 0) is 29.7 Å². The molecular weight excluding hydrogens is 312 g/mol. The van der Waals surface area contributed by atoms with Gasteiger partial charge < -0.3 is 0 Å². The summed E-state index contributed by atoms with van der Waals surface area (Å²) in [5.41, 5.74) is 1.84. The Hall–Kier alpha value is -0.780. The molecule has 0 bridgehead atoms. The molecule has 1 aromatic rings. The second-order valence-electron chi connectivity index (χ2n) is 8.86. The smallest absolute Gasteiger partial charge is 0.0219 e. The SMILES string of the molecule is CCCCCCCCCCCCCCC(C)(Cc1ccccc1)[C](C)C. The molecular formula is C26H45. The van der Waals surface area contributed by atoms with Crippen LogP contribution in [-0.2, 0) is 6.42 Å². The zero-order chi connectivity index (χ0) is 19.1. The van der Waals surface area contributed by atoms with E-state index in [1.54, 1.807) is 5.92 Å². The van der Waals surface area contributed by atoms with Crippen molar-refractivity contribution in [1.29, 1.82) is 0 Å². The van der Waals surface area contributed by atoms with E-state index in [2.05, 4.69) is 58.0 Å². The third-order valence-corrected chi connectivity index (χ3v) is 6.23. The minimum absolute atomic E-state index is 0.361. The number of unbranched alkanes of at least 4 members (excludes halogenated alkanes) is 11. The molecule has 0 nitrogen and oxygen atoms in total. The van der Waals surface area contributed by atoms with Gasteiger partial charge in [0.1, 0.15) is 0 Å². The van der Waals surface area contributed by atoms with Crippen LogP contribution in [0.15, 0.2) is 30.3 Å². The summed E-state index contributed by atoms with van der Waals surface area (Å²) >= 11 is 0. The second-order valence-corrected chi connectivity index (χ2v) is 8.86. The van der Waals surface area contributed by atoms with Crippen LogP contribution in [0.2, 0.25) is 0 Å². The quantitative estimate of drug-likeness (QED) is 0.259. The third-order valence-electron chi connectivity index (χ3n) is 6.23. The molecule has 0 heteroatoms. The Morgan fingerprint density at radius 2 is 1.15 bits per heavy atom. The van der Waals surface area contributed by atoms with E-state index in [1.165, 1.54) is 95.5 Å². The van der Waals surface area contributed by atoms with E-state index in [1.807, 2.05) is 0 Å². The van der Waals surface area contributed by atoms with Gasteiger partial charge in [0.25, 0.3) is 0 Å². The number of benzene rings is 1. The maximum Gasteiger partial charge on any atom is -0.0219 e. The first-order valence-electron chi connectivity index (χ1n) is 11.4. The summed E-state index contributed by atoms with van der Waals surface area (Å²) < 4.78 is 0. The molecule has 0 aromatic heterocycles. The summed E-state index contributed by atoms with van der Waals surface area (Å²) in [5.74, 6) is 1.59. The summed E-state index contributed by atoms with van der Waals surface area (Å²) in [7, 11) is 0. The van der Waals surface area contributed by atoms with Crippen molar-refractivity contribution in [1.82, 2.24) is 0 Å². The number of rotatable bonds is 16. The lowest BCUT2D eigenvalue weighted by atomic mass is 9.71. The Morgan fingerprint density at radius 1 is 0.692 bits per heavy atom. The van der Waals surface area contributed by atoms with E-state index in [0.717, 1.165) is 0 Å². The van der Waals surface area contributed by atoms with Crippen LogP contribution in [0.3, 0.4) is 0 Å². The van der Waals surface area contributed by atoms with E-state index >= 15 is 0 Å². The summed E-state index contributed by atoms with van der Waals surface area (Å²) in [6.07, 6.45) is 19.7. The molecule has 0 aliphatic rings. The number of hydrogen-bond donors (Lipinski definition) is 0. The Labute approximate surface area is 165 Å². The van der Waals surface area contributed by atoms with Gasteiger partial charge in [0.2, 0.25) is 0 Å². The van der Waals surface area contributed by atoms with Crippen LogP contribution in [0.25, 0.3) is 0 Å². The second kappa shape index (κ2) is 14.3. The molecule has 1 atom stereocenters. The van der Waals surface area contributed by atoms with Crippen molar-refractivity contribution in [3.05, 3.63) is 41.8 Å². The lowest BCUT2D eigenvalue weighted by molar-refractivity contribution is 0.301. The summed E-state index contributed by atoms with van der Waals surface area (Å²) in [6, 6.07) is 11.0. The van der Waals surface area contributed by atoms with Gasteiger partial charge in [0.15, 0.2) is 0 Å². The molecule has 0 N–H and O–H groups in total. The first kappa shape index (κ1) is 23.3. The van der Waals surface area contributed by atoms with Gasteiger partial charge in [-0.1, -0.05) is 135 Å². The van der Waals surface area contributed by atoms with Gasteiger partial charge in [-0.15, -0.1) is 0 Å². The lowest BCUT2D eigenvalue weighted by Crippen LogP contribution is -2.25. The highest BCUT2D eigenvalue weighted by molar-refractivity contribution is 5.18. The van der Waals surface area contributed by atoms with Gasteiger partial charge in [0, 0.05) is 0 Å². The summed E-state index contributed by atoms with van der Waals surface area (Å²) in [6.45, 7) is 9.41. The van der Waals surface area contributed by atoms with Crippen molar-refractivity contribution in [2.45, 2.75) is 118 Å². The predicted octanol–water partition coefficient (Wildman–Crippen LogP) is 8.94. The molecule has 0 aliphatic heterocycles.